The maximum absolute atomic E-state index is 13.5. The number of thioether (sulfide) groups is 1. The average Bonchev–Trinajstić information content (AvgIpc) is 3.16. The second-order valence-corrected chi connectivity index (χ2v) is 10.4. The van der Waals surface area contributed by atoms with Crippen LogP contribution in [0.15, 0.2) is 34.7 Å². The van der Waals surface area contributed by atoms with Crippen molar-refractivity contribution in [3.8, 4) is 5.75 Å². The van der Waals surface area contributed by atoms with E-state index in [0.29, 0.717) is 40.2 Å². The average molecular weight is 486 g/mol. The number of ether oxygens (including phenoxy) is 2. The van der Waals surface area contributed by atoms with Crippen LogP contribution in [0.2, 0.25) is 0 Å². The van der Waals surface area contributed by atoms with Crippen LogP contribution >= 0.6 is 23.1 Å². The number of nitro benzene ring substituents is 1. The van der Waals surface area contributed by atoms with Crippen molar-refractivity contribution in [2.75, 3.05) is 6.79 Å². The summed E-state index contributed by atoms with van der Waals surface area (Å²) >= 11 is 2.99. The zero-order valence-corrected chi connectivity index (χ0v) is 19.8. The fraction of sp³-hybridized carbons (Fsp3) is 0.391. The van der Waals surface area contributed by atoms with Gasteiger partial charge in [0.2, 0.25) is 0 Å². The smallest absolute Gasteiger partial charge is 0.270 e. The number of hydrogen-bond donors (Lipinski definition) is 0. The lowest BCUT2D eigenvalue weighted by molar-refractivity contribution is -0.385. The molecule has 8 nitrogen and oxygen atoms in total. The third-order valence-corrected chi connectivity index (χ3v) is 8.20. The lowest BCUT2D eigenvalue weighted by Crippen LogP contribution is -2.23. The molecular formula is C23H23N3O5S2. The molecule has 0 amide bonds. The third-order valence-electron chi connectivity index (χ3n) is 6.03. The number of rotatable bonds is 6. The lowest BCUT2D eigenvalue weighted by atomic mass is 9.89. The molecule has 1 aliphatic heterocycles. The number of aromatic nitrogens is 2. The standard InChI is InChI=1S/C23H23N3O5S2/c1-3-6-25-22(27)19-17-5-4-13(2)7-18(17)33-21(19)24-23(25)32-11-15-9-16(26(28)29)8-14-10-30-12-31-20(14)15/h3,8-9,13H,1,4-7,10-12H2,2H3. The molecular weight excluding hydrogens is 462 g/mol. The van der Waals surface area contributed by atoms with Crippen molar-refractivity contribution in [2.45, 2.75) is 50.2 Å². The predicted molar refractivity (Wildman–Crippen MR) is 128 cm³/mol. The molecule has 1 aromatic carbocycles. The minimum Gasteiger partial charge on any atom is -0.467 e. The summed E-state index contributed by atoms with van der Waals surface area (Å²) in [5.74, 6) is 1.60. The summed E-state index contributed by atoms with van der Waals surface area (Å²) in [6, 6.07) is 3.01. The highest BCUT2D eigenvalue weighted by atomic mass is 32.2. The Morgan fingerprint density at radius 2 is 2.30 bits per heavy atom. The molecule has 0 bridgehead atoms. The Balaban J connectivity index is 1.55. The topological polar surface area (TPSA) is 96.5 Å². The highest BCUT2D eigenvalue weighted by molar-refractivity contribution is 7.98. The number of hydrogen-bond acceptors (Lipinski definition) is 8. The van der Waals surface area contributed by atoms with Crippen LogP contribution in [-0.2, 0) is 36.5 Å². The normalized spacial score (nSPS) is 17.3. The third kappa shape index (κ3) is 4.07. The Labute approximate surface area is 198 Å². The van der Waals surface area contributed by atoms with Gasteiger partial charge in [-0.15, -0.1) is 17.9 Å². The minimum absolute atomic E-state index is 0.00889. The number of benzene rings is 1. The maximum Gasteiger partial charge on any atom is 0.270 e. The summed E-state index contributed by atoms with van der Waals surface area (Å²) in [7, 11) is 0. The van der Waals surface area contributed by atoms with Gasteiger partial charge in [-0.25, -0.2) is 4.98 Å². The lowest BCUT2D eigenvalue weighted by Gasteiger charge is -2.20. The van der Waals surface area contributed by atoms with E-state index in [0.717, 1.165) is 35.0 Å². The van der Waals surface area contributed by atoms with Gasteiger partial charge in [0.1, 0.15) is 10.6 Å². The Bertz CT molecular complexity index is 1330. The molecule has 0 fully saturated rings. The van der Waals surface area contributed by atoms with E-state index in [1.807, 2.05) is 0 Å². The number of aryl methyl sites for hydroxylation is 1. The zero-order chi connectivity index (χ0) is 23.1. The van der Waals surface area contributed by atoms with Gasteiger partial charge in [-0.2, -0.15) is 0 Å². The van der Waals surface area contributed by atoms with Gasteiger partial charge >= 0.3 is 0 Å². The molecule has 0 saturated carbocycles. The molecule has 0 saturated heterocycles. The molecule has 2 aromatic heterocycles. The molecule has 2 aliphatic rings. The molecule has 0 N–H and O–H groups in total. The molecule has 3 heterocycles. The summed E-state index contributed by atoms with van der Waals surface area (Å²) in [6.07, 6.45) is 4.67. The first-order valence-corrected chi connectivity index (χ1v) is 12.6. The number of fused-ring (bicyclic) bond motifs is 4. The van der Waals surface area contributed by atoms with Crippen molar-refractivity contribution in [1.82, 2.24) is 9.55 Å². The van der Waals surface area contributed by atoms with Gasteiger partial charge in [-0.05, 0) is 30.7 Å². The minimum atomic E-state index is -0.418. The van der Waals surface area contributed by atoms with Crippen LogP contribution in [0.1, 0.15) is 34.9 Å². The van der Waals surface area contributed by atoms with Crippen molar-refractivity contribution in [3.05, 3.63) is 66.8 Å². The highest BCUT2D eigenvalue weighted by Crippen LogP contribution is 2.38. The molecule has 10 heteroatoms. The maximum atomic E-state index is 13.5. The Kier molecular flexibility index (Phi) is 5.98. The molecule has 1 aliphatic carbocycles. The van der Waals surface area contributed by atoms with Gasteiger partial charge in [0, 0.05) is 40.4 Å². The van der Waals surface area contributed by atoms with Crippen molar-refractivity contribution < 1.29 is 14.4 Å². The Morgan fingerprint density at radius 3 is 3.09 bits per heavy atom. The van der Waals surface area contributed by atoms with Crippen LogP contribution in [0.5, 0.6) is 5.75 Å². The number of thiophene rings is 1. The van der Waals surface area contributed by atoms with Crippen molar-refractivity contribution >= 4 is 39.0 Å². The van der Waals surface area contributed by atoms with Crippen molar-refractivity contribution in [2.24, 2.45) is 5.92 Å². The van der Waals surface area contributed by atoms with Crippen LogP contribution in [-0.4, -0.2) is 21.3 Å². The first-order valence-electron chi connectivity index (χ1n) is 10.8. The van der Waals surface area contributed by atoms with Gasteiger partial charge in [0.15, 0.2) is 11.9 Å². The van der Waals surface area contributed by atoms with E-state index in [-0.39, 0.29) is 24.6 Å². The quantitative estimate of drug-likeness (QED) is 0.162. The summed E-state index contributed by atoms with van der Waals surface area (Å²) in [6.45, 7) is 6.77. The second-order valence-electron chi connectivity index (χ2n) is 8.38. The van der Waals surface area contributed by atoms with E-state index < -0.39 is 4.92 Å². The molecule has 0 radical (unpaired) electrons. The van der Waals surface area contributed by atoms with E-state index in [1.54, 1.807) is 22.0 Å². The van der Waals surface area contributed by atoms with Crippen LogP contribution in [0.25, 0.3) is 10.2 Å². The Hall–Kier alpha value is -2.69. The molecule has 1 unspecified atom stereocenters. The van der Waals surface area contributed by atoms with E-state index in [1.165, 1.54) is 28.8 Å². The van der Waals surface area contributed by atoms with E-state index in [2.05, 4.69) is 13.5 Å². The van der Waals surface area contributed by atoms with Gasteiger partial charge in [0.25, 0.3) is 11.2 Å². The van der Waals surface area contributed by atoms with Gasteiger partial charge in [0.05, 0.1) is 16.9 Å². The van der Waals surface area contributed by atoms with Crippen molar-refractivity contribution in [3.63, 3.8) is 0 Å². The van der Waals surface area contributed by atoms with Gasteiger partial charge in [-0.3, -0.25) is 19.5 Å². The number of nitrogens with zero attached hydrogens (tertiary/aromatic N) is 3. The van der Waals surface area contributed by atoms with Crippen molar-refractivity contribution in [1.29, 1.82) is 0 Å². The highest BCUT2D eigenvalue weighted by Gasteiger charge is 2.25. The Morgan fingerprint density at radius 1 is 1.45 bits per heavy atom. The number of non-ortho nitro benzene ring substituents is 1. The van der Waals surface area contributed by atoms with E-state index in [9.17, 15) is 14.9 Å². The summed E-state index contributed by atoms with van der Waals surface area (Å²) in [5.41, 5.74) is 2.44. The molecule has 172 valence electrons. The predicted octanol–water partition coefficient (Wildman–Crippen LogP) is 4.84. The van der Waals surface area contributed by atoms with Gasteiger partial charge < -0.3 is 9.47 Å². The molecule has 33 heavy (non-hydrogen) atoms. The number of nitro groups is 1. The summed E-state index contributed by atoms with van der Waals surface area (Å²) in [5, 5.41) is 12.7. The number of allylic oxidation sites excluding steroid dienone is 1. The van der Waals surface area contributed by atoms with Crippen LogP contribution in [0.4, 0.5) is 5.69 Å². The molecule has 5 rings (SSSR count). The van der Waals surface area contributed by atoms with E-state index in [4.69, 9.17) is 14.5 Å². The molecule has 0 spiro atoms. The second kappa shape index (κ2) is 8.92. The first-order chi connectivity index (χ1) is 16.0. The monoisotopic (exact) mass is 485 g/mol. The van der Waals surface area contributed by atoms with Crippen LogP contribution in [0.3, 0.4) is 0 Å². The van der Waals surface area contributed by atoms with E-state index >= 15 is 0 Å². The van der Waals surface area contributed by atoms with Crippen LogP contribution < -0.4 is 10.3 Å². The summed E-state index contributed by atoms with van der Waals surface area (Å²) in [4.78, 5) is 31.4. The fourth-order valence-electron chi connectivity index (χ4n) is 4.44. The SMILES string of the molecule is C=CCn1c(SCc2cc([N+](=O)[O-])cc3c2OCOC3)nc2sc3c(c2c1=O)CCC(C)C3. The zero-order valence-electron chi connectivity index (χ0n) is 18.2. The van der Waals surface area contributed by atoms with Gasteiger partial charge in [-0.1, -0.05) is 24.8 Å². The first kappa shape index (κ1) is 22.1. The largest absolute Gasteiger partial charge is 0.467 e. The molecule has 1 atom stereocenters. The summed E-state index contributed by atoms with van der Waals surface area (Å²) < 4.78 is 12.6. The van der Waals surface area contributed by atoms with Crippen LogP contribution in [0, 0.1) is 16.0 Å². The molecule has 3 aromatic rings. The fourth-order valence-corrected chi connectivity index (χ4v) is 6.84.